The van der Waals surface area contributed by atoms with Gasteiger partial charge < -0.3 is 25.3 Å². The van der Waals surface area contributed by atoms with E-state index in [2.05, 4.69) is 58.6 Å². The molecule has 4 unspecified atom stereocenters. The number of likely N-dealkylation sites (N-methyl/N-ethyl adjacent to an activating group) is 1. The number of fused-ring (bicyclic) bond motifs is 7. The molecule has 3 N–H and O–H groups in total. The number of ether oxygens (including phenoxy) is 1. The maximum absolute atomic E-state index is 14.8. The summed E-state index contributed by atoms with van der Waals surface area (Å²) in [5, 5.41) is 5.30. The number of hydrogen-bond acceptors (Lipinski definition) is 5. The first kappa shape index (κ1) is 30.7. The van der Waals surface area contributed by atoms with Crippen LogP contribution in [0.1, 0.15) is 104 Å². The summed E-state index contributed by atoms with van der Waals surface area (Å²) in [5.74, 6) is 1.28. The molecule has 3 aromatic rings. The van der Waals surface area contributed by atoms with E-state index in [4.69, 9.17) is 10.5 Å². The van der Waals surface area contributed by atoms with Crippen molar-refractivity contribution in [3.63, 3.8) is 0 Å². The second kappa shape index (κ2) is 12.0. The van der Waals surface area contributed by atoms with Gasteiger partial charge in [0.05, 0.1) is 18.2 Å². The number of thiol groups is 1. The molecule has 1 saturated heterocycles. The number of benzene rings is 2. The number of likely N-dealkylation sites (tertiary alicyclic amines) is 1. The molecule has 0 spiro atoms. The predicted octanol–water partition coefficient (Wildman–Crippen LogP) is 6.63. The quantitative estimate of drug-likeness (QED) is 0.268. The number of aromatic nitrogens is 1. The number of carbonyl (C=O) groups excluding carboxylic acids is 2. The van der Waals surface area contributed by atoms with Crippen LogP contribution in [0.3, 0.4) is 0 Å². The van der Waals surface area contributed by atoms with Gasteiger partial charge in [-0.2, -0.15) is 12.6 Å². The van der Waals surface area contributed by atoms with Crippen LogP contribution >= 0.6 is 12.6 Å². The zero-order chi connectivity index (χ0) is 31.5. The highest BCUT2D eigenvalue weighted by atomic mass is 32.1. The van der Waals surface area contributed by atoms with E-state index in [1.165, 1.54) is 72.7 Å². The van der Waals surface area contributed by atoms with Crippen LogP contribution in [0.15, 0.2) is 36.4 Å². The third-order valence-corrected chi connectivity index (χ3v) is 11.8. The van der Waals surface area contributed by atoms with Crippen LogP contribution < -0.4 is 15.8 Å². The summed E-state index contributed by atoms with van der Waals surface area (Å²) >= 11 is 4.08. The average molecular weight is 629 g/mol. The zero-order valence-electron chi connectivity index (χ0n) is 27.0. The summed E-state index contributed by atoms with van der Waals surface area (Å²) in [4.78, 5) is 29.3. The maximum atomic E-state index is 14.8. The van der Waals surface area contributed by atoms with Crippen LogP contribution in [-0.4, -0.2) is 59.3 Å². The van der Waals surface area contributed by atoms with Crippen LogP contribution in [0.25, 0.3) is 22.2 Å². The summed E-state index contributed by atoms with van der Waals surface area (Å²) in [5.41, 5.74) is 11.9. The van der Waals surface area contributed by atoms with E-state index in [0.29, 0.717) is 18.0 Å². The first-order valence-electron chi connectivity index (χ1n) is 17.1. The molecule has 0 bridgehead atoms. The number of carbonyl (C=O) groups is 2. The summed E-state index contributed by atoms with van der Waals surface area (Å²) in [6, 6.07) is 12.8. The Kier molecular flexibility index (Phi) is 8.18. The molecule has 1 aromatic heterocycles. The summed E-state index contributed by atoms with van der Waals surface area (Å²) in [6.45, 7) is 3.63. The van der Waals surface area contributed by atoms with E-state index >= 15 is 0 Å². The Bertz CT molecular complexity index is 1620. The molecule has 2 amide bonds. The zero-order valence-corrected chi connectivity index (χ0v) is 27.9. The van der Waals surface area contributed by atoms with Crippen molar-refractivity contribution in [3.05, 3.63) is 53.1 Å². The van der Waals surface area contributed by atoms with Gasteiger partial charge in [-0.1, -0.05) is 25.3 Å². The number of primary amides is 1. The van der Waals surface area contributed by atoms with Crippen LogP contribution in [0, 0.1) is 5.41 Å². The minimum atomic E-state index is -0.518. The normalized spacial score (nSPS) is 27.1. The number of hydrogen-bond donors (Lipinski definition) is 3. The fraction of sp³-hybridized carbons (Fsp3) is 0.568. The summed E-state index contributed by atoms with van der Waals surface area (Å²) < 4.78 is 8.12. The largest absolute Gasteiger partial charge is 0.497 e. The summed E-state index contributed by atoms with van der Waals surface area (Å²) in [7, 11) is 3.69. The lowest BCUT2D eigenvalue weighted by Gasteiger charge is -2.33. The van der Waals surface area contributed by atoms with Crippen molar-refractivity contribution in [1.82, 2.24) is 14.8 Å². The molecule has 3 aliphatic carbocycles. The Morgan fingerprint density at radius 1 is 1.04 bits per heavy atom. The fourth-order valence-electron chi connectivity index (χ4n) is 8.64. The van der Waals surface area contributed by atoms with Crippen LogP contribution in [-0.2, 0) is 11.3 Å². The second-order valence-electron chi connectivity index (χ2n) is 14.2. The molecule has 2 aromatic carbocycles. The number of nitrogens with zero attached hydrogens (tertiary/aromatic N) is 2. The van der Waals surface area contributed by atoms with E-state index in [1.54, 1.807) is 7.11 Å². The Morgan fingerprint density at radius 2 is 1.80 bits per heavy atom. The van der Waals surface area contributed by atoms with Crippen molar-refractivity contribution in [3.8, 4) is 17.0 Å². The number of nitrogens with two attached hydrogens (primary N) is 1. The molecule has 8 rings (SSSR count). The molecule has 45 heavy (non-hydrogen) atoms. The molecule has 240 valence electrons. The van der Waals surface area contributed by atoms with E-state index in [9.17, 15) is 9.59 Å². The SMILES string of the molecule is CNCC1CCC(C)N1C(=O)C12CC1c1cc(OC)ccc1-c1c(C3CCCCC3)c3ccc(C(N)=O)cc3n1C2.SC1CC1. The molecule has 2 aliphatic heterocycles. The third kappa shape index (κ3) is 5.36. The van der Waals surface area contributed by atoms with Gasteiger partial charge in [-0.15, -0.1) is 0 Å². The average Bonchev–Trinajstić information content (AvgIpc) is 3.94. The van der Waals surface area contributed by atoms with Gasteiger partial charge in [-0.3, -0.25) is 9.59 Å². The van der Waals surface area contributed by atoms with Gasteiger partial charge in [0.15, 0.2) is 0 Å². The predicted molar refractivity (Wildman–Crippen MR) is 183 cm³/mol. The Balaban J connectivity index is 0.000000755. The van der Waals surface area contributed by atoms with E-state index in [-0.39, 0.29) is 23.9 Å². The summed E-state index contributed by atoms with van der Waals surface area (Å²) in [6.07, 6.45) is 11.7. The van der Waals surface area contributed by atoms with Crippen LogP contribution in [0.4, 0.5) is 0 Å². The Labute approximate surface area is 272 Å². The lowest BCUT2D eigenvalue weighted by atomic mass is 9.81. The molecule has 5 aliphatic rings. The molecule has 4 fully saturated rings. The van der Waals surface area contributed by atoms with E-state index in [0.717, 1.165) is 42.3 Å². The van der Waals surface area contributed by atoms with Crippen molar-refractivity contribution in [2.45, 2.75) is 107 Å². The van der Waals surface area contributed by atoms with Crippen LogP contribution in [0.2, 0.25) is 0 Å². The number of methoxy groups -OCH3 is 1. The van der Waals surface area contributed by atoms with E-state index in [1.807, 2.05) is 19.2 Å². The number of amides is 2. The van der Waals surface area contributed by atoms with Crippen molar-refractivity contribution in [2.24, 2.45) is 11.1 Å². The smallest absolute Gasteiger partial charge is 0.248 e. The highest BCUT2D eigenvalue weighted by Gasteiger charge is 2.65. The number of rotatable bonds is 6. The Hall–Kier alpha value is -2.97. The minimum Gasteiger partial charge on any atom is -0.497 e. The standard InChI is InChI=1S/C34H42N4O3.C3H6S/c1-20-9-11-23(18-36-2)38(20)33(40)34-17-28(34)27-16-24(41-3)12-14-25(27)31-30(21-7-5-4-6-8-21)26-13-10-22(32(35)39)15-29(26)37(31)19-34;4-3-1-2-3/h10,12-16,20-21,23,28,36H,4-9,11,17-19H2,1-3H3,(H2,35,39);3-4H,1-2H2. The molecule has 3 saturated carbocycles. The second-order valence-corrected chi connectivity index (χ2v) is 15.0. The number of nitrogens with one attached hydrogen (secondary N) is 1. The van der Waals surface area contributed by atoms with Crippen LogP contribution in [0.5, 0.6) is 5.75 Å². The molecule has 7 nitrogen and oxygen atoms in total. The Morgan fingerprint density at radius 3 is 2.47 bits per heavy atom. The molecule has 3 heterocycles. The lowest BCUT2D eigenvalue weighted by molar-refractivity contribution is -0.140. The van der Waals surface area contributed by atoms with Gasteiger partial charge in [-0.05, 0) is 106 Å². The van der Waals surface area contributed by atoms with Gasteiger partial charge in [0, 0.05) is 58.4 Å². The van der Waals surface area contributed by atoms with Gasteiger partial charge in [0.2, 0.25) is 11.8 Å². The van der Waals surface area contributed by atoms with Crippen molar-refractivity contribution >= 4 is 35.3 Å². The molecule has 0 radical (unpaired) electrons. The minimum absolute atomic E-state index is 0.136. The topological polar surface area (TPSA) is 89.6 Å². The molecular formula is C37H48N4O3S. The maximum Gasteiger partial charge on any atom is 0.248 e. The lowest BCUT2D eigenvalue weighted by Crippen LogP contribution is -2.48. The third-order valence-electron chi connectivity index (χ3n) is 11.2. The molecule has 4 atom stereocenters. The van der Waals surface area contributed by atoms with Crippen molar-refractivity contribution < 1.29 is 14.3 Å². The van der Waals surface area contributed by atoms with Gasteiger partial charge >= 0.3 is 0 Å². The first-order valence-corrected chi connectivity index (χ1v) is 17.6. The fourth-order valence-corrected chi connectivity index (χ4v) is 8.79. The highest BCUT2D eigenvalue weighted by molar-refractivity contribution is 7.81. The van der Waals surface area contributed by atoms with Gasteiger partial charge in [0.25, 0.3) is 0 Å². The first-order chi connectivity index (χ1) is 21.8. The van der Waals surface area contributed by atoms with Crippen molar-refractivity contribution in [1.29, 1.82) is 0 Å². The highest BCUT2D eigenvalue weighted by Crippen LogP contribution is 2.66. The van der Waals surface area contributed by atoms with E-state index < -0.39 is 11.3 Å². The van der Waals surface area contributed by atoms with Crippen molar-refractivity contribution in [2.75, 3.05) is 20.7 Å². The molecule has 8 heteroatoms. The van der Waals surface area contributed by atoms with Gasteiger partial charge in [0.1, 0.15) is 5.75 Å². The molecular weight excluding hydrogens is 580 g/mol. The van der Waals surface area contributed by atoms with Gasteiger partial charge in [-0.25, -0.2) is 0 Å². The monoisotopic (exact) mass is 628 g/mol.